The van der Waals surface area contributed by atoms with Gasteiger partial charge in [0.1, 0.15) is 5.82 Å². The Labute approximate surface area is 108 Å². The predicted molar refractivity (Wildman–Crippen MR) is 71.5 cm³/mol. The van der Waals surface area contributed by atoms with Gasteiger partial charge in [-0.25, -0.2) is 4.98 Å². The molecule has 0 unspecified atom stereocenters. The molecule has 0 aliphatic rings. The summed E-state index contributed by atoms with van der Waals surface area (Å²) in [6.45, 7) is 7.13. The smallest absolute Gasteiger partial charge is 0.222 e. The summed E-state index contributed by atoms with van der Waals surface area (Å²) < 4.78 is 5.14. The number of ether oxygens (including phenoxy) is 1. The van der Waals surface area contributed by atoms with Crippen LogP contribution in [0.1, 0.15) is 25.1 Å². The van der Waals surface area contributed by atoms with E-state index in [1.165, 1.54) is 0 Å². The van der Waals surface area contributed by atoms with Crippen LogP contribution < -0.4 is 11.1 Å². The van der Waals surface area contributed by atoms with Crippen molar-refractivity contribution in [2.45, 2.75) is 33.3 Å². The Morgan fingerprint density at radius 3 is 2.72 bits per heavy atom. The summed E-state index contributed by atoms with van der Waals surface area (Å²) in [5.41, 5.74) is 7.53. The lowest BCUT2D eigenvalue weighted by molar-refractivity contribution is 0.0495. The van der Waals surface area contributed by atoms with E-state index in [0.29, 0.717) is 25.6 Å². The van der Waals surface area contributed by atoms with Gasteiger partial charge in [0.15, 0.2) is 0 Å². The van der Waals surface area contributed by atoms with Crippen LogP contribution in [-0.2, 0) is 11.2 Å². The van der Waals surface area contributed by atoms with Crippen molar-refractivity contribution in [3.05, 3.63) is 11.3 Å². The maximum atomic E-state index is 9.67. The van der Waals surface area contributed by atoms with Gasteiger partial charge in [-0.05, 0) is 20.3 Å². The second kappa shape index (κ2) is 7.13. The molecule has 0 aliphatic carbocycles. The summed E-state index contributed by atoms with van der Waals surface area (Å²) in [4.78, 5) is 8.31. The Morgan fingerprint density at radius 1 is 1.39 bits per heavy atom. The first-order valence-corrected chi connectivity index (χ1v) is 6.21. The minimum atomic E-state index is -0.564. The monoisotopic (exact) mass is 254 g/mol. The van der Waals surface area contributed by atoms with Crippen molar-refractivity contribution in [1.29, 1.82) is 0 Å². The third-order valence-electron chi connectivity index (χ3n) is 2.62. The highest BCUT2D eigenvalue weighted by atomic mass is 16.5. The fraction of sp³-hybridized carbons (Fsp3) is 0.667. The first-order chi connectivity index (χ1) is 8.58. The lowest BCUT2D eigenvalue weighted by atomic mass is 10.2. The van der Waals surface area contributed by atoms with Crippen molar-refractivity contribution < 1.29 is 9.84 Å². The lowest BCUT2D eigenvalue weighted by Gasteiger charge is -2.15. The molecule has 0 saturated carbocycles. The van der Waals surface area contributed by atoms with Crippen molar-refractivity contribution in [2.24, 2.45) is 0 Å². The second-order valence-electron chi connectivity index (χ2n) is 4.05. The molecule has 0 saturated heterocycles. The molecule has 6 heteroatoms. The Bertz CT molecular complexity index is 385. The van der Waals surface area contributed by atoms with Crippen molar-refractivity contribution in [2.75, 3.05) is 30.8 Å². The summed E-state index contributed by atoms with van der Waals surface area (Å²) in [6.07, 6.45) is 0.236. The van der Waals surface area contributed by atoms with Gasteiger partial charge >= 0.3 is 0 Å². The topological polar surface area (TPSA) is 93.3 Å². The zero-order chi connectivity index (χ0) is 13.5. The molecule has 4 N–H and O–H groups in total. The molecule has 0 bridgehead atoms. The zero-order valence-electron chi connectivity index (χ0n) is 11.2. The van der Waals surface area contributed by atoms with Gasteiger partial charge in [-0.3, -0.25) is 0 Å². The third kappa shape index (κ3) is 4.12. The maximum absolute atomic E-state index is 9.67. The van der Waals surface area contributed by atoms with E-state index in [9.17, 15) is 5.11 Å². The number of rotatable bonds is 7. The number of anilines is 2. The molecule has 0 spiro atoms. The molecule has 18 heavy (non-hydrogen) atoms. The standard InChI is InChI=1S/C12H22N4O2/c1-4-10-8(3)11(16-12(13)15-10)14-6-9(17)7-18-5-2/h9,17H,4-7H2,1-3H3,(H3,13,14,15,16)/t9-/m1/s1. The SMILES string of the molecule is CCOC[C@H](O)CNc1nc(N)nc(CC)c1C. The fourth-order valence-electron chi connectivity index (χ4n) is 1.63. The number of nitrogens with zero attached hydrogens (tertiary/aromatic N) is 2. The van der Waals surface area contributed by atoms with Gasteiger partial charge in [0.2, 0.25) is 5.95 Å². The van der Waals surface area contributed by atoms with Crippen LogP contribution in [0.15, 0.2) is 0 Å². The summed E-state index contributed by atoms with van der Waals surface area (Å²) in [7, 11) is 0. The van der Waals surface area contributed by atoms with Crippen LogP contribution in [0.5, 0.6) is 0 Å². The van der Waals surface area contributed by atoms with E-state index in [1.54, 1.807) is 0 Å². The predicted octanol–water partition coefficient (Wildman–Crippen LogP) is 0.739. The number of aliphatic hydroxyl groups is 1. The molecule has 1 atom stereocenters. The molecule has 1 aromatic rings. The van der Waals surface area contributed by atoms with Crippen LogP contribution in [0.25, 0.3) is 0 Å². The fourth-order valence-corrected chi connectivity index (χ4v) is 1.63. The number of aryl methyl sites for hydroxylation is 1. The second-order valence-corrected chi connectivity index (χ2v) is 4.05. The van der Waals surface area contributed by atoms with E-state index in [2.05, 4.69) is 15.3 Å². The van der Waals surface area contributed by atoms with Crippen LogP contribution >= 0.6 is 0 Å². The molecule has 0 radical (unpaired) electrons. The first kappa shape index (κ1) is 14.7. The Morgan fingerprint density at radius 2 is 2.11 bits per heavy atom. The number of nitrogens with one attached hydrogen (secondary N) is 1. The lowest BCUT2D eigenvalue weighted by Crippen LogP contribution is -2.25. The molecule has 1 heterocycles. The van der Waals surface area contributed by atoms with E-state index in [4.69, 9.17) is 10.5 Å². The number of hydrogen-bond donors (Lipinski definition) is 3. The van der Waals surface area contributed by atoms with Crippen LogP contribution in [-0.4, -0.2) is 40.9 Å². The van der Waals surface area contributed by atoms with Gasteiger partial charge in [-0.15, -0.1) is 0 Å². The molecular formula is C12H22N4O2. The quantitative estimate of drug-likeness (QED) is 0.664. The van der Waals surface area contributed by atoms with E-state index in [1.807, 2.05) is 20.8 Å². The number of nitrogen functional groups attached to an aromatic ring is 1. The molecule has 0 amide bonds. The van der Waals surface area contributed by atoms with E-state index in [-0.39, 0.29) is 5.95 Å². The van der Waals surface area contributed by atoms with Crippen LogP contribution in [0.4, 0.5) is 11.8 Å². The van der Waals surface area contributed by atoms with Crippen LogP contribution in [0.3, 0.4) is 0 Å². The maximum Gasteiger partial charge on any atom is 0.222 e. The summed E-state index contributed by atoms with van der Waals surface area (Å²) in [5, 5.41) is 12.7. The highest BCUT2D eigenvalue weighted by Crippen LogP contribution is 2.16. The van der Waals surface area contributed by atoms with E-state index in [0.717, 1.165) is 17.7 Å². The molecule has 1 rings (SSSR count). The number of aliphatic hydroxyl groups excluding tert-OH is 1. The summed E-state index contributed by atoms with van der Waals surface area (Å²) in [6, 6.07) is 0. The number of hydrogen-bond acceptors (Lipinski definition) is 6. The molecule has 0 aliphatic heterocycles. The van der Waals surface area contributed by atoms with Gasteiger partial charge in [0.25, 0.3) is 0 Å². The molecular weight excluding hydrogens is 232 g/mol. The number of aromatic nitrogens is 2. The Hall–Kier alpha value is -1.40. The Kier molecular flexibility index (Phi) is 5.80. The average Bonchev–Trinajstić information content (AvgIpc) is 2.36. The molecule has 102 valence electrons. The van der Waals surface area contributed by atoms with Gasteiger partial charge in [0, 0.05) is 18.7 Å². The van der Waals surface area contributed by atoms with Gasteiger partial charge in [0.05, 0.1) is 18.4 Å². The van der Waals surface area contributed by atoms with Crippen molar-refractivity contribution >= 4 is 11.8 Å². The van der Waals surface area contributed by atoms with Crippen molar-refractivity contribution in [1.82, 2.24) is 9.97 Å². The van der Waals surface area contributed by atoms with Gasteiger partial charge in [-0.1, -0.05) is 6.92 Å². The highest BCUT2D eigenvalue weighted by molar-refractivity contribution is 5.48. The normalized spacial score (nSPS) is 12.4. The van der Waals surface area contributed by atoms with Crippen molar-refractivity contribution in [3.8, 4) is 0 Å². The summed E-state index contributed by atoms with van der Waals surface area (Å²) in [5.74, 6) is 0.925. The molecule has 0 aromatic carbocycles. The first-order valence-electron chi connectivity index (χ1n) is 6.21. The minimum absolute atomic E-state index is 0.249. The van der Waals surface area contributed by atoms with Crippen molar-refractivity contribution in [3.63, 3.8) is 0 Å². The van der Waals surface area contributed by atoms with E-state index >= 15 is 0 Å². The van der Waals surface area contributed by atoms with Crippen LogP contribution in [0, 0.1) is 6.92 Å². The minimum Gasteiger partial charge on any atom is -0.389 e. The highest BCUT2D eigenvalue weighted by Gasteiger charge is 2.10. The third-order valence-corrected chi connectivity index (χ3v) is 2.62. The number of nitrogens with two attached hydrogens (primary N) is 1. The average molecular weight is 254 g/mol. The summed E-state index contributed by atoms with van der Waals surface area (Å²) >= 11 is 0. The van der Waals surface area contributed by atoms with Gasteiger partial charge < -0.3 is 20.9 Å². The largest absolute Gasteiger partial charge is 0.389 e. The molecule has 6 nitrogen and oxygen atoms in total. The van der Waals surface area contributed by atoms with Crippen LogP contribution in [0.2, 0.25) is 0 Å². The van der Waals surface area contributed by atoms with Gasteiger partial charge in [-0.2, -0.15) is 4.98 Å². The Balaban J connectivity index is 2.64. The molecule has 1 aromatic heterocycles. The molecule has 0 fully saturated rings. The zero-order valence-corrected chi connectivity index (χ0v) is 11.2. The van der Waals surface area contributed by atoms with E-state index < -0.39 is 6.10 Å².